The Hall–Kier alpha value is -1.54. The Morgan fingerprint density at radius 2 is 2.08 bits per heavy atom. The van der Waals surface area contributed by atoms with Crippen molar-refractivity contribution in [1.29, 1.82) is 0 Å². The van der Waals surface area contributed by atoms with Crippen LogP contribution in [0.2, 0.25) is 0 Å². The quantitative estimate of drug-likeness (QED) is 0.413. The van der Waals surface area contributed by atoms with Crippen molar-refractivity contribution in [2.24, 2.45) is 0 Å². The van der Waals surface area contributed by atoms with Crippen LogP contribution in [-0.4, -0.2) is 60.7 Å². The maximum atomic E-state index is 11.9. The largest absolute Gasteiger partial charge is 0.466 e. The van der Waals surface area contributed by atoms with Gasteiger partial charge in [0.05, 0.1) is 13.2 Å². The summed E-state index contributed by atoms with van der Waals surface area (Å²) in [6.45, 7) is 4.55. The molecule has 1 saturated heterocycles. The molecule has 1 aromatic rings. The monoisotopic (exact) mass is 367 g/mol. The molecule has 2 aliphatic rings. The third kappa shape index (κ3) is 4.17. The minimum Gasteiger partial charge on any atom is -0.466 e. The average Bonchev–Trinajstić information content (AvgIpc) is 3.42. The van der Waals surface area contributed by atoms with Gasteiger partial charge in [0.25, 0.3) is 0 Å². The highest BCUT2D eigenvalue weighted by Crippen LogP contribution is 2.41. The molecule has 0 atom stereocenters. The van der Waals surface area contributed by atoms with Gasteiger partial charge in [-0.25, -0.2) is 9.78 Å². The first-order valence-corrected chi connectivity index (χ1v) is 9.89. The average molecular weight is 367 g/mol. The number of thioether (sulfide) groups is 1. The zero-order valence-electron chi connectivity index (χ0n) is 15.0. The van der Waals surface area contributed by atoms with Gasteiger partial charge in [0, 0.05) is 38.6 Å². The van der Waals surface area contributed by atoms with Gasteiger partial charge < -0.3 is 19.1 Å². The molecule has 7 nitrogen and oxygen atoms in total. The molecule has 25 heavy (non-hydrogen) atoms. The van der Waals surface area contributed by atoms with E-state index >= 15 is 0 Å². The van der Waals surface area contributed by atoms with Gasteiger partial charge in [0.1, 0.15) is 5.82 Å². The topological polar surface area (TPSA) is 73.8 Å². The van der Waals surface area contributed by atoms with Crippen LogP contribution in [0.25, 0.3) is 0 Å². The number of hydrogen-bond donors (Lipinski definition) is 0. The molecule has 0 unspecified atom stereocenters. The zero-order chi connectivity index (χ0) is 17.9. The lowest BCUT2D eigenvalue weighted by atomic mass is 10.1. The number of methoxy groups -OCH3 is 1. The maximum Gasteiger partial charge on any atom is 0.350 e. The Morgan fingerprint density at radius 3 is 2.64 bits per heavy atom. The summed E-state index contributed by atoms with van der Waals surface area (Å²) in [6, 6.07) is 1.82. The summed E-state index contributed by atoms with van der Waals surface area (Å²) >= 11 is 1.46. The van der Waals surface area contributed by atoms with Crippen molar-refractivity contribution in [3.05, 3.63) is 6.07 Å². The molecule has 2 fully saturated rings. The standard InChI is InChI=1S/C17H25N3O4S/c1-4-23-12-5-9-20(10-6-12)13-11-14(19-16(18-13)25-3)24-17(7-8-17)15(21)22-2/h11-12H,4-10H2,1-3H3. The molecule has 1 aliphatic carbocycles. The SMILES string of the molecule is CCOC1CCN(c2cc(OC3(C(=O)OC)CC3)nc(SC)n2)CC1. The molecule has 1 saturated carbocycles. The van der Waals surface area contributed by atoms with Crippen molar-refractivity contribution in [2.45, 2.75) is 49.5 Å². The number of nitrogens with zero attached hydrogens (tertiary/aromatic N) is 3. The molecule has 8 heteroatoms. The number of aromatic nitrogens is 2. The van der Waals surface area contributed by atoms with E-state index in [2.05, 4.69) is 14.9 Å². The van der Waals surface area contributed by atoms with Crippen LogP contribution in [0.15, 0.2) is 11.2 Å². The van der Waals surface area contributed by atoms with Gasteiger partial charge in [-0.15, -0.1) is 0 Å². The van der Waals surface area contributed by atoms with Crippen molar-refractivity contribution >= 4 is 23.5 Å². The van der Waals surface area contributed by atoms with Crippen LogP contribution < -0.4 is 9.64 Å². The number of ether oxygens (including phenoxy) is 3. The second-order valence-corrected chi connectivity index (χ2v) is 7.05. The minimum atomic E-state index is -0.863. The third-order valence-corrected chi connectivity index (χ3v) is 5.13. The fourth-order valence-electron chi connectivity index (χ4n) is 3.03. The molecule has 0 spiro atoms. The van der Waals surface area contributed by atoms with E-state index in [-0.39, 0.29) is 5.97 Å². The molecule has 0 amide bonds. The first kappa shape index (κ1) is 18.3. The predicted octanol–water partition coefficient (Wildman–Crippen LogP) is 2.29. The number of rotatable bonds is 7. The van der Waals surface area contributed by atoms with E-state index in [1.165, 1.54) is 18.9 Å². The minimum absolute atomic E-state index is 0.327. The molecular formula is C17H25N3O4S. The van der Waals surface area contributed by atoms with Gasteiger partial charge >= 0.3 is 5.97 Å². The fourth-order valence-corrected chi connectivity index (χ4v) is 3.40. The van der Waals surface area contributed by atoms with Gasteiger partial charge in [-0.3, -0.25) is 0 Å². The Bertz CT molecular complexity index is 616. The molecule has 0 bridgehead atoms. The van der Waals surface area contributed by atoms with Crippen LogP contribution >= 0.6 is 11.8 Å². The lowest BCUT2D eigenvalue weighted by molar-refractivity contribution is -0.151. The van der Waals surface area contributed by atoms with Crippen LogP contribution in [0.1, 0.15) is 32.6 Å². The maximum absolute atomic E-state index is 11.9. The second kappa shape index (κ2) is 7.78. The normalized spacial score (nSPS) is 19.6. The lowest BCUT2D eigenvalue weighted by Crippen LogP contribution is -2.37. The van der Waals surface area contributed by atoms with Gasteiger partial charge in [-0.2, -0.15) is 4.98 Å². The number of esters is 1. The van der Waals surface area contributed by atoms with E-state index in [0.717, 1.165) is 38.4 Å². The predicted molar refractivity (Wildman–Crippen MR) is 95.3 cm³/mol. The smallest absolute Gasteiger partial charge is 0.350 e. The van der Waals surface area contributed by atoms with E-state index in [1.54, 1.807) is 0 Å². The first-order chi connectivity index (χ1) is 12.1. The van der Waals surface area contributed by atoms with E-state index in [1.807, 2.05) is 19.2 Å². The zero-order valence-corrected chi connectivity index (χ0v) is 15.8. The van der Waals surface area contributed by atoms with E-state index in [0.29, 0.717) is 30.0 Å². The first-order valence-electron chi connectivity index (χ1n) is 8.67. The summed E-state index contributed by atoms with van der Waals surface area (Å²) < 4.78 is 16.5. The molecule has 1 aromatic heterocycles. The fraction of sp³-hybridized carbons (Fsp3) is 0.706. The van der Waals surface area contributed by atoms with Crippen LogP contribution in [0.4, 0.5) is 5.82 Å². The number of hydrogen-bond acceptors (Lipinski definition) is 8. The Balaban J connectivity index is 1.74. The molecular weight excluding hydrogens is 342 g/mol. The van der Waals surface area contributed by atoms with Crippen molar-refractivity contribution in [1.82, 2.24) is 9.97 Å². The van der Waals surface area contributed by atoms with Crippen molar-refractivity contribution in [2.75, 3.05) is 38.0 Å². The van der Waals surface area contributed by atoms with Crippen molar-refractivity contribution in [3.63, 3.8) is 0 Å². The van der Waals surface area contributed by atoms with Crippen molar-refractivity contribution < 1.29 is 19.0 Å². The molecule has 2 heterocycles. The van der Waals surface area contributed by atoms with Gasteiger partial charge in [-0.05, 0) is 26.0 Å². The van der Waals surface area contributed by atoms with Crippen LogP contribution in [0, 0.1) is 0 Å². The molecule has 0 N–H and O–H groups in total. The van der Waals surface area contributed by atoms with Gasteiger partial charge in [0.2, 0.25) is 11.5 Å². The third-order valence-electron chi connectivity index (χ3n) is 4.58. The molecule has 0 radical (unpaired) electrons. The molecule has 3 rings (SSSR count). The highest BCUT2D eigenvalue weighted by molar-refractivity contribution is 7.98. The Labute approximate surface area is 152 Å². The molecule has 1 aliphatic heterocycles. The van der Waals surface area contributed by atoms with E-state index in [9.17, 15) is 4.79 Å². The van der Waals surface area contributed by atoms with Crippen molar-refractivity contribution in [3.8, 4) is 5.88 Å². The summed E-state index contributed by atoms with van der Waals surface area (Å²) in [7, 11) is 1.38. The number of anilines is 1. The van der Waals surface area contributed by atoms with E-state index < -0.39 is 5.60 Å². The molecule has 0 aromatic carbocycles. The second-order valence-electron chi connectivity index (χ2n) is 6.28. The van der Waals surface area contributed by atoms with Crippen LogP contribution in [0.5, 0.6) is 5.88 Å². The number of carbonyl (C=O) groups excluding carboxylic acids is 1. The summed E-state index contributed by atoms with van der Waals surface area (Å²) in [5.74, 6) is 0.935. The Morgan fingerprint density at radius 1 is 1.36 bits per heavy atom. The summed E-state index contributed by atoms with van der Waals surface area (Å²) in [4.78, 5) is 23.1. The summed E-state index contributed by atoms with van der Waals surface area (Å²) in [6.07, 6.45) is 5.54. The molecule has 138 valence electrons. The summed E-state index contributed by atoms with van der Waals surface area (Å²) in [5.41, 5.74) is -0.863. The number of piperidine rings is 1. The highest BCUT2D eigenvalue weighted by Gasteiger charge is 2.54. The van der Waals surface area contributed by atoms with E-state index in [4.69, 9.17) is 14.2 Å². The summed E-state index contributed by atoms with van der Waals surface area (Å²) in [5, 5.41) is 0.639. The van der Waals surface area contributed by atoms with Gasteiger partial charge in [0.15, 0.2) is 5.16 Å². The van der Waals surface area contributed by atoms with Crippen LogP contribution in [-0.2, 0) is 14.3 Å². The highest BCUT2D eigenvalue weighted by atomic mass is 32.2. The Kier molecular flexibility index (Phi) is 5.68. The van der Waals surface area contributed by atoms with Crippen LogP contribution in [0.3, 0.4) is 0 Å². The number of carbonyl (C=O) groups is 1. The lowest BCUT2D eigenvalue weighted by Gasteiger charge is -2.32. The van der Waals surface area contributed by atoms with Gasteiger partial charge in [-0.1, -0.05) is 11.8 Å².